The van der Waals surface area contributed by atoms with Crippen molar-refractivity contribution in [2.24, 2.45) is 0 Å². The van der Waals surface area contributed by atoms with Crippen LogP contribution in [0.4, 0.5) is 11.6 Å². The molecular formula is C26H28N6O4. The number of benzene rings is 2. The minimum Gasteiger partial charge on any atom is -0.438 e. The van der Waals surface area contributed by atoms with E-state index in [9.17, 15) is 14.9 Å². The molecule has 1 saturated heterocycles. The quantitative estimate of drug-likeness (QED) is 0.397. The summed E-state index contributed by atoms with van der Waals surface area (Å²) in [6.07, 6.45) is 0.571. The summed E-state index contributed by atoms with van der Waals surface area (Å²) < 4.78 is 6.26. The van der Waals surface area contributed by atoms with Crippen molar-refractivity contribution >= 4 is 17.5 Å². The van der Waals surface area contributed by atoms with Gasteiger partial charge in [-0.25, -0.2) is 4.98 Å². The van der Waals surface area contributed by atoms with Crippen molar-refractivity contribution < 1.29 is 14.5 Å². The second-order valence-corrected chi connectivity index (χ2v) is 9.24. The number of nitrogens with zero attached hydrogens (tertiary/aromatic N) is 6. The molecule has 1 fully saturated rings. The first-order chi connectivity index (χ1) is 17.4. The van der Waals surface area contributed by atoms with Crippen LogP contribution in [0.1, 0.15) is 27.2 Å². The number of ether oxygens (including phenoxy) is 1. The molecule has 2 aliphatic rings. The van der Waals surface area contributed by atoms with Gasteiger partial charge in [0, 0.05) is 56.8 Å². The first-order valence-electron chi connectivity index (χ1n) is 12.0. The Labute approximate surface area is 209 Å². The molecule has 3 heterocycles. The molecule has 0 radical (unpaired) electrons. The number of aryl methyl sites for hydroxylation is 1. The second kappa shape index (κ2) is 9.90. The van der Waals surface area contributed by atoms with Crippen LogP contribution >= 0.6 is 0 Å². The smallest absolute Gasteiger partial charge is 0.269 e. The molecule has 0 bridgehead atoms. The summed E-state index contributed by atoms with van der Waals surface area (Å²) in [5.41, 5.74) is 3.16. The molecule has 1 aromatic heterocycles. The maximum atomic E-state index is 13.2. The van der Waals surface area contributed by atoms with Gasteiger partial charge in [-0.1, -0.05) is 17.7 Å². The zero-order valence-corrected chi connectivity index (χ0v) is 20.4. The van der Waals surface area contributed by atoms with Gasteiger partial charge in [-0.05, 0) is 38.2 Å². The second-order valence-electron chi connectivity index (χ2n) is 9.24. The van der Waals surface area contributed by atoms with Crippen LogP contribution in [0.2, 0.25) is 0 Å². The Morgan fingerprint density at radius 1 is 0.972 bits per heavy atom. The van der Waals surface area contributed by atoms with Crippen LogP contribution in [0, 0.1) is 17.0 Å². The van der Waals surface area contributed by atoms with Crippen LogP contribution < -0.4 is 9.64 Å². The molecule has 0 unspecified atom stereocenters. The lowest BCUT2D eigenvalue weighted by atomic mass is 10.0. The molecule has 186 valence electrons. The van der Waals surface area contributed by atoms with Crippen molar-refractivity contribution in [2.75, 3.05) is 44.7 Å². The van der Waals surface area contributed by atoms with Gasteiger partial charge in [0.05, 0.1) is 22.7 Å². The average Bonchev–Trinajstić information content (AvgIpc) is 2.89. The molecule has 2 aliphatic heterocycles. The number of non-ortho nitro benzene ring substituents is 1. The predicted molar refractivity (Wildman–Crippen MR) is 135 cm³/mol. The summed E-state index contributed by atoms with van der Waals surface area (Å²) >= 11 is 0. The van der Waals surface area contributed by atoms with E-state index in [-0.39, 0.29) is 11.6 Å². The summed E-state index contributed by atoms with van der Waals surface area (Å²) in [5, 5.41) is 11.0. The number of hydrogen-bond acceptors (Lipinski definition) is 8. The van der Waals surface area contributed by atoms with E-state index in [1.807, 2.05) is 31.2 Å². The topological polar surface area (TPSA) is 105 Å². The summed E-state index contributed by atoms with van der Waals surface area (Å²) in [6.45, 7) is 6.36. The molecule has 0 saturated carbocycles. The van der Waals surface area contributed by atoms with E-state index >= 15 is 0 Å². The van der Waals surface area contributed by atoms with Crippen LogP contribution in [0.3, 0.4) is 0 Å². The number of nitro benzene ring substituents is 1. The monoisotopic (exact) mass is 488 g/mol. The molecule has 1 amide bonds. The number of carbonyl (C=O) groups is 1. The standard InChI is InChI=1S/C26H28N6O4/c1-18-3-9-21(10-4-18)36-24-22-17-31(25(33)19-5-7-20(8-6-19)32(34)35)12-11-23(22)27-26(28-24)30-15-13-29(2)14-16-30/h3-10H,11-17H2,1-2H3. The lowest BCUT2D eigenvalue weighted by molar-refractivity contribution is -0.384. The lowest BCUT2D eigenvalue weighted by Gasteiger charge is -2.34. The fraction of sp³-hybridized carbons (Fsp3) is 0.346. The fourth-order valence-corrected chi connectivity index (χ4v) is 4.40. The Morgan fingerprint density at radius 2 is 1.67 bits per heavy atom. The Kier molecular flexibility index (Phi) is 6.51. The van der Waals surface area contributed by atoms with Crippen LogP contribution in [0.25, 0.3) is 0 Å². The number of anilines is 1. The number of likely N-dealkylation sites (N-methyl/N-ethyl adjacent to an activating group) is 1. The first-order valence-corrected chi connectivity index (χ1v) is 12.0. The highest BCUT2D eigenvalue weighted by Crippen LogP contribution is 2.32. The summed E-state index contributed by atoms with van der Waals surface area (Å²) in [6, 6.07) is 13.5. The molecule has 10 nitrogen and oxygen atoms in total. The van der Waals surface area contributed by atoms with Gasteiger partial charge in [0.2, 0.25) is 11.8 Å². The molecule has 10 heteroatoms. The van der Waals surface area contributed by atoms with Gasteiger partial charge < -0.3 is 19.4 Å². The van der Waals surface area contributed by atoms with Gasteiger partial charge in [0.15, 0.2) is 0 Å². The average molecular weight is 489 g/mol. The lowest BCUT2D eigenvalue weighted by Crippen LogP contribution is -2.45. The number of rotatable bonds is 5. The number of piperazine rings is 1. The van der Waals surface area contributed by atoms with Gasteiger partial charge in [-0.15, -0.1) is 0 Å². The molecule has 36 heavy (non-hydrogen) atoms. The van der Waals surface area contributed by atoms with E-state index in [0.29, 0.717) is 42.7 Å². The van der Waals surface area contributed by atoms with Crippen LogP contribution in [-0.4, -0.2) is 70.4 Å². The van der Waals surface area contributed by atoms with Gasteiger partial charge in [0.25, 0.3) is 11.6 Å². The Bertz CT molecular complexity index is 1270. The van der Waals surface area contributed by atoms with Crippen molar-refractivity contribution in [2.45, 2.75) is 19.9 Å². The van der Waals surface area contributed by atoms with Gasteiger partial charge >= 0.3 is 0 Å². The number of hydrogen-bond donors (Lipinski definition) is 0. The van der Waals surface area contributed by atoms with Crippen LogP contribution in [0.15, 0.2) is 48.5 Å². The number of aromatic nitrogens is 2. The molecule has 0 spiro atoms. The molecule has 2 aromatic carbocycles. The number of amides is 1. The third kappa shape index (κ3) is 4.99. The van der Waals surface area contributed by atoms with E-state index in [1.165, 1.54) is 24.3 Å². The summed E-state index contributed by atoms with van der Waals surface area (Å²) in [4.78, 5) is 39.5. The maximum absolute atomic E-state index is 13.2. The Balaban J connectivity index is 1.44. The Hall–Kier alpha value is -4.05. The third-order valence-corrected chi connectivity index (χ3v) is 6.64. The minimum absolute atomic E-state index is 0.0471. The predicted octanol–water partition coefficient (Wildman–Crippen LogP) is 3.44. The highest BCUT2D eigenvalue weighted by Gasteiger charge is 2.29. The molecule has 0 N–H and O–H groups in total. The number of fused-ring (bicyclic) bond motifs is 1. The molecule has 0 atom stereocenters. The third-order valence-electron chi connectivity index (χ3n) is 6.64. The molecular weight excluding hydrogens is 460 g/mol. The molecule has 3 aromatic rings. The van der Waals surface area contributed by atoms with Crippen molar-refractivity contribution in [3.8, 4) is 11.6 Å². The summed E-state index contributed by atoms with van der Waals surface area (Å²) in [7, 11) is 2.10. The number of nitro groups is 1. The summed E-state index contributed by atoms with van der Waals surface area (Å²) in [5.74, 6) is 1.59. The van der Waals surface area contributed by atoms with Crippen molar-refractivity contribution in [3.05, 3.63) is 81.0 Å². The fourth-order valence-electron chi connectivity index (χ4n) is 4.40. The SMILES string of the molecule is Cc1ccc(Oc2nc(N3CCN(C)CC3)nc3c2CN(C(=O)c2ccc([N+](=O)[O-])cc2)CC3)cc1. The maximum Gasteiger partial charge on any atom is 0.269 e. The highest BCUT2D eigenvalue weighted by atomic mass is 16.6. The first kappa shape index (κ1) is 23.7. The minimum atomic E-state index is -0.477. The van der Waals surface area contributed by atoms with E-state index in [2.05, 4.69) is 16.8 Å². The number of carbonyl (C=O) groups excluding carboxylic acids is 1. The van der Waals surface area contributed by atoms with E-state index in [1.54, 1.807) is 4.90 Å². The van der Waals surface area contributed by atoms with Crippen molar-refractivity contribution in [1.29, 1.82) is 0 Å². The highest BCUT2D eigenvalue weighted by molar-refractivity contribution is 5.94. The largest absolute Gasteiger partial charge is 0.438 e. The van der Waals surface area contributed by atoms with Gasteiger partial charge in [-0.3, -0.25) is 14.9 Å². The van der Waals surface area contributed by atoms with E-state index < -0.39 is 4.92 Å². The molecule has 0 aliphatic carbocycles. The molecule has 5 rings (SSSR count). The normalized spacial score (nSPS) is 15.9. The van der Waals surface area contributed by atoms with Crippen LogP contribution in [-0.2, 0) is 13.0 Å². The van der Waals surface area contributed by atoms with E-state index in [4.69, 9.17) is 14.7 Å². The van der Waals surface area contributed by atoms with Gasteiger partial charge in [-0.2, -0.15) is 4.98 Å². The zero-order valence-electron chi connectivity index (χ0n) is 20.4. The van der Waals surface area contributed by atoms with E-state index in [0.717, 1.165) is 43.0 Å². The van der Waals surface area contributed by atoms with Crippen molar-refractivity contribution in [3.63, 3.8) is 0 Å². The zero-order chi connectivity index (χ0) is 25.2. The van der Waals surface area contributed by atoms with Crippen LogP contribution in [0.5, 0.6) is 11.6 Å². The van der Waals surface area contributed by atoms with Gasteiger partial charge in [0.1, 0.15) is 5.75 Å². The Morgan fingerprint density at radius 3 is 2.33 bits per heavy atom. The van der Waals surface area contributed by atoms with Crippen molar-refractivity contribution in [1.82, 2.24) is 19.8 Å².